The van der Waals surface area contributed by atoms with Gasteiger partial charge in [0.1, 0.15) is 5.75 Å². The zero-order chi connectivity index (χ0) is 16.1. The number of hydrazone groups is 1. The van der Waals surface area contributed by atoms with Gasteiger partial charge in [-0.2, -0.15) is 5.10 Å². The van der Waals surface area contributed by atoms with Crippen LogP contribution < -0.4 is 15.1 Å². The molecular weight excluding hydrogens is 325 g/mol. The molecule has 1 heterocycles. The third kappa shape index (κ3) is 4.87. The molecule has 1 aliphatic heterocycles. The first-order chi connectivity index (χ1) is 10.5. The highest BCUT2D eigenvalue weighted by Gasteiger charge is 2.18. The Morgan fingerprint density at radius 1 is 1.36 bits per heavy atom. The summed E-state index contributed by atoms with van der Waals surface area (Å²) in [7, 11) is 2.15. The second-order valence-corrected chi connectivity index (χ2v) is 6.29. The summed E-state index contributed by atoms with van der Waals surface area (Å²) in [6.45, 7) is 3.74. The second-order valence-electron chi connectivity index (χ2n) is 5.45. The number of hydrogen-bond donors (Lipinski definition) is 2. The Hall–Kier alpha value is -1.30. The first-order valence-corrected chi connectivity index (χ1v) is 7.99. The number of amides is 1. The molecule has 1 amide bonds. The molecule has 0 saturated carbocycles. The van der Waals surface area contributed by atoms with Gasteiger partial charge in [-0.05, 0) is 25.1 Å². The number of likely N-dealkylation sites (tertiary alicyclic amines) is 1. The summed E-state index contributed by atoms with van der Waals surface area (Å²) in [5.74, 6) is 0.119. The average molecular weight is 345 g/mol. The minimum atomic E-state index is -0.695. The van der Waals surface area contributed by atoms with E-state index in [2.05, 4.69) is 17.6 Å². The lowest BCUT2D eigenvalue weighted by Crippen LogP contribution is -3.10. The topological polar surface area (TPSA) is 55.1 Å². The number of halogens is 2. The van der Waals surface area contributed by atoms with Crippen molar-refractivity contribution in [2.24, 2.45) is 5.10 Å². The van der Waals surface area contributed by atoms with Gasteiger partial charge in [0.15, 0.2) is 6.10 Å². The number of carbonyl (C=O) groups excluding carboxylic acids is 1. The normalized spacial score (nSPS) is 19.5. The molecule has 1 atom stereocenters. The number of ether oxygens (including phenoxy) is 1. The third-order valence-electron chi connectivity index (χ3n) is 3.57. The van der Waals surface area contributed by atoms with Gasteiger partial charge in [-0.1, -0.05) is 23.2 Å². The molecule has 0 aromatic heterocycles. The van der Waals surface area contributed by atoms with Crippen LogP contribution >= 0.6 is 23.2 Å². The molecule has 5 nitrogen and oxygen atoms in total. The standard InChI is InChI=1S/C15H19Cl2N3O2/c1-10(22-14-4-3-11(16)9-13(14)17)15(21)19-18-12-5-7-20(2)8-6-12/h3-4,9-10H,5-8H2,1-2H3,(H,19,21)/p+1/t10-/m0/s1. The fraction of sp³-hybridized carbons (Fsp3) is 0.467. The largest absolute Gasteiger partial charge is 0.479 e. The summed E-state index contributed by atoms with van der Waals surface area (Å²) in [6.07, 6.45) is 1.12. The van der Waals surface area contributed by atoms with E-state index in [0.29, 0.717) is 15.8 Å². The van der Waals surface area contributed by atoms with Crippen molar-refractivity contribution in [1.29, 1.82) is 0 Å². The monoisotopic (exact) mass is 344 g/mol. The molecule has 2 rings (SSSR count). The van der Waals surface area contributed by atoms with E-state index >= 15 is 0 Å². The van der Waals surface area contributed by atoms with Crippen molar-refractivity contribution in [3.8, 4) is 5.75 Å². The van der Waals surface area contributed by atoms with Crippen molar-refractivity contribution in [2.45, 2.75) is 25.9 Å². The van der Waals surface area contributed by atoms with E-state index in [1.54, 1.807) is 25.1 Å². The predicted octanol–water partition coefficient (Wildman–Crippen LogP) is 1.54. The molecule has 120 valence electrons. The van der Waals surface area contributed by atoms with Gasteiger partial charge in [0.05, 0.1) is 25.2 Å². The van der Waals surface area contributed by atoms with Crippen LogP contribution in [0.15, 0.2) is 23.3 Å². The quantitative estimate of drug-likeness (QED) is 0.814. The van der Waals surface area contributed by atoms with Crippen molar-refractivity contribution < 1.29 is 14.4 Å². The first-order valence-electron chi connectivity index (χ1n) is 7.24. The Kier molecular flexibility index (Phi) is 6.06. The molecule has 0 spiro atoms. The maximum atomic E-state index is 12.0. The summed E-state index contributed by atoms with van der Waals surface area (Å²) in [5, 5.41) is 5.08. The molecule has 22 heavy (non-hydrogen) atoms. The highest BCUT2D eigenvalue weighted by molar-refractivity contribution is 6.35. The van der Waals surface area contributed by atoms with Crippen LogP contribution in [0.25, 0.3) is 0 Å². The van der Waals surface area contributed by atoms with Crippen LogP contribution in [0.2, 0.25) is 10.0 Å². The third-order valence-corrected chi connectivity index (χ3v) is 4.10. The Balaban J connectivity index is 1.88. The van der Waals surface area contributed by atoms with E-state index in [-0.39, 0.29) is 5.91 Å². The lowest BCUT2D eigenvalue weighted by molar-refractivity contribution is -0.880. The van der Waals surface area contributed by atoms with Gasteiger partial charge in [-0.3, -0.25) is 4.79 Å². The Labute approximate surface area is 140 Å². The highest BCUT2D eigenvalue weighted by Crippen LogP contribution is 2.28. The van der Waals surface area contributed by atoms with Crippen LogP contribution in [-0.2, 0) is 4.79 Å². The van der Waals surface area contributed by atoms with Crippen LogP contribution in [0.5, 0.6) is 5.75 Å². The van der Waals surface area contributed by atoms with Crippen molar-refractivity contribution in [2.75, 3.05) is 20.1 Å². The molecule has 0 aliphatic carbocycles. The number of nitrogens with one attached hydrogen (secondary N) is 2. The van der Waals surface area contributed by atoms with Gasteiger partial charge in [0.2, 0.25) is 0 Å². The smallest absolute Gasteiger partial charge is 0.280 e. The van der Waals surface area contributed by atoms with E-state index in [1.807, 2.05) is 0 Å². The minimum absolute atomic E-state index is 0.301. The second kappa shape index (κ2) is 7.81. The fourth-order valence-electron chi connectivity index (χ4n) is 2.12. The first kappa shape index (κ1) is 17.1. The van der Waals surface area contributed by atoms with Crippen molar-refractivity contribution in [3.63, 3.8) is 0 Å². The average Bonchev–Trinajstić information content (AvgIpc) is 2.49. The molecular formula is C15H20Cl2N3O2+. The van der Waals surface area contributed by atoms with Gasteiger partial charge in [0.25, 0.3) is 5.91 Å². The van der Waals surface area contributed by atoms with Crippen LogP contribution in [0.1, 0.15) is 19.8 Å². The summed E-state index contributed by atoms with van der Waals surface area (Å²) in [4.78, 5) is 13.5. The van der Waals surface area contributed by atoms with Gasteiger partial charge in [0, 0.05) is 23.6 Å². The van der Waals surface area contributed by atoms with Crippen LogP contribution in [-0.4, -0.2) is 37.9 Å². The Morgan fingerprint density at radius 2 is 2.05 bits per heavy atom. The Bertz CT molecular complexity index is 568. The van der Waals surface area contributed by atoms with E-state index in [0.717, 1.165) is 31.6 Å². The van der Waals surface area contributed by atoms with E-state index in [1.165, 1.54) is 4.90 Å². The van der Waals surface area contributed by atoms with Gasteiger partial charge in [-0.25, -0.2) is 5.43 Å². The van der Waals surface area contributed by atoms with E-state index in [4.69, 9.17) is 27.9 Å². The zero-order valence-electron chi connectivity index (χ0n) is 12.7. The lowest BCUT2D eigenvalue weighted by atomic mass is 10.1. The van der Waals surface area contributed by atoms with Crippen LogP contribution in [0, 0.1) is 0 Å². The van der Waals surface area contributed by atoms with Crippen LogP contribution in [0.3, 0.4) is 0 Å². The van der Waals surface area contributed by atoms with E-state index in [9.17, 15) is 4.79 Å². The number of piperidine rings is 1. The maximum absolute atomic E-state index is 12.0. The number of carbonyl (C=O) groups is 1. The molecule has 0 bridgehead atoms. The summed E-state index contributed by atoms with van der Waals surface area (Å²) in [5.41, 5.74) is 3.59. The fourth-order valence-corrected chi connectivity index (χ4v) is 2.57. The number of benzene rings is 1. The van der Waals surface area contributed by atoms with E-state index < -0.39 is 6.10 Å². The van der Waals surface area contributed by atoms with Crippen molar-refractivity contribution in [3.05, 3.63) is 28.2 Å². The predicted molar refractivity (Wildman–Crippen MR) is 88.0 cm³/mol. The molecule has 0 radical (unpaired) electrons. The van der Waals surface area contributed by atoms with Crippen molar-refractivity contribution in [1.82, 2.24) is 5.43 Å². The molecule has 1 saturated heterocycles. The molecule has 1 aromatic rings. The highest BCUT2D eigenvalue weighted by atomic mass is 35.5. The number of rotatable bonds is 4. The van der Waals surface area contributed by atoms with Gasteiger partial charge >= 0.3 is 0 Å². The summed E-state index contributed by atoms with van der Waals surface area (Å²) >= 11 is 11.8. The summed E-state index contributed by atoms with van der Waals surface area (Å²) in [6, 6.07) is 4.87. The Morgan fingerprint density at radius 3 is 2.68 bits per heavy atom. The molecule has 1 fully saturated rings. The lowest BCUT2D eigenvalue weighted by Gasteiger charge is -2.20. The summed E-state index contributed by atoms with van der Waals surface area (Å²) < 4.78 is 5.54. The number of nitrogens with zero attached hydrogens (tertiary/aromatic N) is 1. The maximum Gasteiger partial charge on any atom is 0.280 e. The molecule has 7 heteroatoms. The molecule has 0 unspecified atom stereocenters. The van der Waals surface area contributed by atoms with Gasteiger partial charge in [-0.15, -0.1) is 0 Å². The number of quaternary nitrogens is 1. The minimum Gasteiger partial charge on any atom is -0.479 e. The zero-order valence-corrected chi connectivity index (χ0v) is 14.2. The molecule has 2 N–H and O–H groups in total. The van der Waals surface area contributed by atoms with Crippen LogP contribution in [0.4, 0.5) is 0 Å². The molecule has 1 aliphatic rings. The van der Waals surface area contributed by atoms with Crippen molar-refractivity contribution >= 4 is 34.8 Å². The van der Waals surface area contributed by atoms with Gasteiger partial charge < -0.3 is 9.64 Å². The number of hydrogen-bond acceptors (Lipinski definition) is 3. The SMILES string of the molecule is C[C@H](Oc1ccc(Cl)cc1Cl)C(=O)NN=C1CC[NH+](C)CC1. The molecule has 1 aromatic carbocycles.